The number of pyridine rings is 1. The van der Waals surface area contributed by atoms with Gasteiger partial charge in [-0.3, -0.25) is 9.99 Å². The SMILES string of the molecule is CCCC1(Nc2ncc(-c3ccccn3)c(N(N)C3CCC(O)CC3)n2)CC1. The van der Waals surface area contributed by atoms with Gasteiger partial charge in [-0.2, -0.15) is 4.98 Å². The molecule has 0 radical (unpaired) electrons. The van der Waals surface area contributed by atoms with Gasteiger partial charge in [-0.25, -0.2) is 10.8 Å². The lowest BCUT2D eigenvalue weighted by atomic mass is 9.92. The van der Waals surface area contributed by atoms with E-state index in [0.717, 1.165) is 62.6 Å². The summed E-state index contributed by atoms with van der Waals surface area (Å²) >= 11 is 0. The van der Waals surface area contributed by atoms with Crippen LogP contribution in [0.4, 0.5) is 11.8 Å². The van der Waals surface area contributed by atoms with Gasteiger partial charge in [0.25, 0.3) is 0 Å². The van der Waals surface area contributed by atoms with Gasteiger partial charge in [0, 0.05) is 24.0 Å². The number of aliphatic hydroxyl groups excluding tert-OH is 1. The Labute approximate surface area is 166 Å². The van der Waals surface area contributed by atoms with Crippen LogP contribution in [0.15, 0.2) is 30.6 Å². The first-order valence-corrected chi connectivity index (χ1v) is 10.4. The van der Waals surface area contributed by atoms with Gasteiger partial charge < -0.3 is 10.4 Å². The van der Waals surface area contributed by atoms with E-state index in [1.54, 1.807) is 11.2 Å². The van der Waals surface area contributed by atoms with Gasteiger partial charge in [0.2, 0.25) is 5.95 Å². The van der Waals surface area contributed by atoms with E-state index in [1.807, 2.05) is 24.4 Å². The van der Waals surface area contributed by atoms with E-state index in [0.29, 0.717) is 11.8 Å². The summed E-state index contributed by atoms with van der Waals surface area (Å²) in [7, 11) is 0. The van der Waals surface area contributed by atoms with E-state index in [9.17, 15) is 5.11 Å². The van der Waals surface area contributed by atoms with Crippen LogP contribution < -0.4 is 16.2 Å². The van der Waals surface area contributed by atoms with Crippen molar-refractivity contribution in [2.75, 3.05) is 10.3 Å². The van der Waals surface area contributed by atoms with Crippen LogP contribution in [0.3, 0.4) is 0 Å². The molecule has 0 aliphatic heterocycles. The predicted octanol–water partition coefficient (Wildman–Crippen LogP) is 3.27. The van der Waals surface area contributed by atoms with Gasteiger partial charge in [0.1, 0.15) is 0 Å². The highest BCUT2D eigenvalue weighted by Gasteiger charge is 2.42. The van der Waals surface area contributed by atoms with Gasteiger partial charge in [-0.15, -0.1) is 0 Å². The van der Waals surface area contributed by atoms with E-state index in [4.69, 9.17) is 10.8 Å². The number of nitrogens with zero attached hydrogens (tertiary/aromatic N) is 4. The van der Waals surface area contributed by atoms with Crippen LogP contribution in [0.1, 0.15) is 58.3 Å². The zero-order valence-electron chi connectivity index (χ0n) is 16.5. The molecule has 4 N–H and O–H groups in total. The topological polar surface area (TPSA) is 100 Å². The molecule has 0 atom stereocenters. The molecular formula is C21H30N6O. The number of nitrogens with two attached hydrogens (primary N) is 1. The Balaban J connectivity index is 1.65. The first-order valence-electron chi connectivity index (χ1n) is 10.4. The molecule has 2 aromatic rings. The van der Waals surface area contributed by atoms with Gasteiger partial charge in [0.15, 0.2) is 5.82 Å². The minimum Gasteiger partial charge on any atom is -0.393 e. The van der Waals surface area contributed by atoms with Gasteiger partial charge >= 0.3 is 0 Å². The Morgan fingerprint density at radius 2 is 2.00 bits per heavy atom. The van der Waals surface area contributed by atoms with Crippen LogP contribution in [0.5, 0.6) is 0 Å². The summed E-state index contributed by atoms with van der Waals surface area (Å²) in [6, 6.07) is 5.95. The number of hydrogen-bond acceptors (Lipinski definition) is 7. The maximum Gasteiger partial charge on any atom is 0.225 e. The number of anilines is 2. The van der Waals surface area contributed by atoms with Crippen molar-refractivity contribution in [2.45, 2.75) is 76.0 Å². The molecule has 0 unspecified atom stereocenters. The minimum absolute atomic E-state index is 0.146. The van der Waals surface area contributed by atoms with Crippen molar-refractivity contribution < 1.29 is 5.11 Å². The molecule has 7 heteroatoms. The lowest BCUT2D eigenvalue weighted by molar-refractivity contribution is 0.121. The van der Waals surface area contributed by atoms with Crippen LogP contribution in [0, 0.1) is 0 Å². The fraction of sp³-hybridized carbons (Fsp3) is 0.571. The molecule has 28 heavy (non-hydrogen) atoms. The largest absolute Gasteiger partial charge is 0.393 e. The summed E-state index contributed by atoms with van der Waals surface area (Å²) in [6.45, 7) is 2.21. The average molecular weight is 383 g/mol. The second-order valence-corrected chi connectivity index (χ2v) is 8.17. The summed E-state index contributed by atoms with van der Waals surface area (Å²) in [6.07, 6.45) is 11.2. The molecular weight excluding hydrogens is 352 g/mol. The van der Waals surface area contributed by atoms with Crippen LogP contribution in [-0.2, 0) is 0 Å². The quantitative estimate of drug-likeness (QED) is 0.499. The molecule has 150 valence electrons. The highest BCUT2D eigenvalue weighted by molar-refractivity contribution is 5.73. The predicted molar refractivity (Wildman–Crippen MR) is 111 cm³/mol. The first-order chi connectivity index (χ1) is 13.6. The number of hydrogen-bond donors (Lipinski definition) is 3. The van der Waals surface area contributed by atoms with Gasteiger partial charge in [0.05, 0.1) is 17.4 Å². The number of aromatic nitrogens is 3. The monoisotopic (exact) mass is 382 g/mol. The third-order valence-corrected chi connectivity index (χ3v) is 5.97. The third kappa shape index (κ3) is 4.10. The minimum atomic E-state index is -0.216. The molecule has 0 bridgehead atoms. The Hall–Kier alpha value is -2.25. The zero-order chi connectivity index (χ0) is 19.6. The summed E-state index contributed by atoms with van der Waals surface area (Å²) in [5, 5.41) is 15.2. The van der Waals surface area contributed by atoms with Crippen molar-refractivity contribution in [1.29, 1.82) is 0 Å². The fourth-order valence-corrected chi connectivity index (χ4v) is 4.15. The summed E-state index contributed by atoms with van der Waals surface area (Å²) in [5.41, 5.74) is 1.79. The third-order valence-electron chi connectivity index (χ3n) is 5.97. The lowest BCUT2D eigenvalue weighted by Crippen LogP contribution is -2.45. The van der Waals surface area contributed by atoms with Crippen LogP contribution in [0.2, 0.25) is 0 Å². The van der Waals surface area contributed by atoms with Crippen LogP contribution in [0.25, 0.3) is 11.3 Å². The van der Waals surface area contributed by atoms with Crippen molar-refractivity contribution in [3.63, 3.8) is 0 Å². The molecule has 7 nitrogen and oxygen atoms in total. The number of rotatable bonds is 7. The fourth-order valence-electron chi connectivity index (χ4n) is 4.15. The standard InChI is InChI=1S/C21H30N6O/c1-2-10-21(11-12-21)26-20-24-14-17(18-5-3-4-13-23-18)19(25-20)27(22)15-6-8-16(28)9-7-15/h3-5,13-16,28H,2,6-12,22H2,1H3,(H,24,25,26). The zero-order valence-corrected chi connectivity index (χ0v) is 16.5. The van der Waals surface area contributed by atoms with E-state index >= 15 is 0 Å². The van der Waals surface area contributed by atoms with Crippen LogP contribution >= 0.6 is 0 Å². The van der Waals surface area contributed by atoms with Crippen molar-refractivity contribution >= 4 is 11.8 Å². The van der Waals surface area contributed by atoms with Gasteiger partial charge in [-0.05, 0) is 57.1 Å². The molecule has 0 saturated heterocycles. The normalized spacial score (nSPS) is 23.2. The summed E-state index contributed by atoms with van der Waals surface area (Å²) < 4.78 is 0. The Morgan fingerprint density at radius 1 is 1.21 bits per heavy atom. The van der Waals surface area contributed by atoms with E-state index in [1.165, 1.54) is 0 Å². The molecule has 2 aliphatic rings. The Kier molecular flexibility index (Phi) is 5.46. The van der Waals surface area contributed by atoms with Crippen molar-refractivity contribution in [2.24, 2.45) is 5.84 Å². The molecule has 2 fully saturated rings. The molecule has 2 saturated carbocycles. The number of aliphatic hydroxyl groups is 1. The molecule has 0 spiro atoms. The number of nitrogens with one attached hydrogen (secondary N) is 1. The van der Waals surface area contributed by atoms with Crippen molar-refractivity contribution in [1.82, 2.24) is 15.0 Å². The molecule has 2 aromatic heterocycles. The van der Waals surface area contributed by atoms with Crippen molar-refractivity contribution in [3.05, 3.63) is 30.6 Å². The van der Waals surface area contributed by atoms with Crippen molar-refractivity contribution in [3.8, 4) is 11.3 Å². The second-order valence-electron chi connectivity index (χ2n) is 8.17. The maximum atomic E-state index is 9.84. The average Bonchev–Trinajstić information content (AvgIpc) is 3.48. The van der Waals surface area contributed by atoms with Crippen LogP contribution in [-0.4, -0.2) is 37.7 Å². The Bertz CT molecular complexity index is 787. The molecule has 0 amide bonds. The van der Waals surface area contributed by atoms with Gasteiger partial charge in [-0.1, -0.05) is 19.4 Å². The highest BCUT2D eigenvalue weighted by Crippen LogP contribution is 2.42. The smallest absolute Gasteiger partial charge is 0.225 e. The number of hydrazine groups is 1. The lowest BCUT2D eigenvalue weighted by Gasteiger charge is -2.34. The molecule has 2 aliphatic carbocycles. The molecule has 2 heterocycles. The summed E-state index contributed by atoms with van der Waals surface area (Å²) in [4.78, 5) is 13.9. The molecule has 0 aromatic carbocycles. The Morgan fingerprint density at radius 3 is 2.64 bits per heavy atom. The maximum absolute atomic E-state index is 9.84. The summed E-state index contributed by atoms with van der Waals surface area (Å²) in [5.74, 6) is 7.90. The second kappa shape index (κ2) is 8.01. The highest BCUT2D eigenvalue weighted by atomic mass is 16.3. The van der Waals surface area contributed by atoms with E-state index < -0.39 is 0 Å². The molecule has 4 rings (SSSR count). The van der Waals surface area contributed by atoms with E-state index in [2.05, 4.69) is 22.2 Å². The van der Waals surface area contributed by atoms with E-state index in [-0.39, 0.29) is 17.7 Å². The first kappa shape index (κ1) is 19.1.